The number of benzene rings is 3. The molecular weight excluding hydrogens is 570 g/mol. The first-order valence-electron chi connectivity index (χ1n) is 15.6. The monoisotopic (exact) mass is 619 g/mol. The summed E-state index contributed by atoms with van der Waals surface area (Å²) in [6.07, 6.45) is 5.49. The Morgan fingerprint density at radius 2 is 1.59 bits per heavy atom. The van der Waals surface area contributed by atoms with Gasteiger partial charge in [-0.25, -0.2) is 4.79 Å². The second-order valence-corrected chi connectivity index (χ2v) is 13.4. The van der Waals surface area contributed by atoms with Crippen molar-refractivity contribution in [1.29, 1.82) is 0 Å². The average Bonchev–Trinajstić information content (AvgIpc) is 2.94. The number of rotatable bonds is 14. The molecule has 0 aliphatic rings. The summed E-state index contributed by atoms with van der Waals surface area (Å²) in [5, 5.41) is 8.04. The highest BCUT2D eigenvalue weighted by atomic mass is 32.2. The molecule has 3 aromatic rings. The maximum Gasteiger partial charge on any atom is 0.408 e. The van der Waals surface area contributed by atoms with Gasteiger partial charge in [0, 0.05) is 12.2 Å². The molecule has 8 heteroatoms. The first-order chi connectivity index (χ1) is 20.9. The lowest BCUT2D eigenvalue weighted by Crippen LogP contribution is -2.52. The molecular formula is C36H49N3O4S. The van der Waals surface area contributed by atoms with Gasteiger partial charge in [-0.1, -0.05) is 85.8 Å². The highest BCUT2D eigenvalue weighted by Crippen LogP contribution is 2.28. The van der Waals surface area contributed by atoms with Gasteiger partial charge in [0.05, 0.1) is 0 Å². The number of carbonyl (C=O) groups excluding carboxylic acids is 3. The Bertz CT molecular complexity index is 1400. The number of thioether (sulfide) groups is 1. The second-order valence-electron chi connectivity index (χ2n) is 12.4. The van der Waals surface area contributed by atoms with Crippen LogP contribution in [0.3, 0.4) is 0 Å². The fourth-order valence-corrected chi connectivity index (χ4v) is 5.81. The quantitative estimate of drug-likeness (QED) is 0.178. The largest absolute Gasteiger partial charge is 0.444 e. The smallest absolute Gasteiger partial charge is 0.408 e. The Hall–Kier alpha value is -3.52. The van der Waals surface area contributed by atoms with E-state index in [1.807, 2.05) is 74.7 Å². The molecule has 0 aliphatic carbocycles. The predicted molar refractivity (Wildman–Crippen MR) is 183 cm³/mol. The molecule has 2 unspecified atom stereocenters. The van der Waals surface area contributed by atoms with Gasteiger partial charge in [-0.3, -0.25) is 9.59 Å². The van der Waals surface area contributed by atoms with E-state index in [1.165, 1.54) is 0 Å². The molecule has 3 rings (SSSR count). The van der Waals surface area contributed by atoms with Gasteiger partial charge < -0.3 is 20.3 Å². The van der Waals surface area contributed by atoms with Crippen LogP contribution in [0.2, 0.25) is 0 Å². The minimum absolute atomic E-state index is 0.292. The van der Waals surface area contributed by atoms with Crippen molar-refractivity contribution in [3.63, 3.8) is 0 Å². The van der Waals surface area contributed by atoms with Gasteiger partial charge in [0.15, 0.2) is 0 Å². The molecule has 0 saturated heterocycles. The lowest BCUT2D eigenvalue weighted by Gasteiger charge is -2.35. The van der Waals surface area contributed by atoms with Crippen molar-refractivity contribution in [3.8, 4) is 0 Å². The van der Waals surface area contributed by atoms with Crippen molar-refractivity contribution in [2.24, 2.45) is 0 Å². The molecule has 7 nitrogen and oxygen atoms in total. The minimum atomic E-state index is -0.897. The molecule has 0 fully saturated rings. The zero-order valence-corrected chi connectivity index (χ0v) is 28.2. The van der Waals surface area contributed by atoms with Crippen molar-refractivity contribution in [2.45, 2.75) is 91.3 Å². The Kier molecular flexibility index (Phi) is 13.1. The Balaban J connectivity index is 2.06. The fraction of sp³-hybridized carbons (Fsp3) is 0.472. The zero-order chi connectivity index (χ0) is 32.3. The number of hydrogen-bond acceptors (Lipinski definition) is 5. The lowest BCUT2D eigenvalue weighted by atomic mass is 9.97. The molecule has 238 valence electrons. The van der Waals surface area contributed by atoms with Crippen LogP contribution in [0.4, 0.5) is 10.5 Å². The van der Waals surface area contributed by atoms with E-state index in [9.17, 15) is 14.4 Å². The van der Waals surface area contributed by atoms with Crippen LogP contribution in [0.25, 0.3) is 10.8 Å². The third-order valence-electron chi connectivity index (χ3n) is 7.27. The van der Waals surface area contributed by atoms with Crippen LogP contribution >= 0.6 is 11.8 Å². The van der Waals surface area contributed by atoms with Crippen LogP contribution in [0, 0.1) is 13.8 Å². The molecule has 3 amide bonds. The second kappa shape index (κ2) is 16.5. The van der Waals surface area contributed by atoms with Gasteiger partial charge in [-0.15, -0.1) is 0 Å². The number of carbonyl (C=O) groups is 3. The molecule has 0 aromatic heterocycles. The van der Waals surface area contributed by atoms with E-state index in [0.29, 0.717) is 24.4 Å². The predicted octanol–water partition coefficient (Wildman–Crippen LogP) is 8.19. The van der Waals surface area contributed by atoms with E-state index < -0.39 is 23.8 Å². The van der Waals surface area contributed by atoms with Crippen molar-refractivity contribution in [3.05, 3.63) is 77.4 Å². The van der Waals surface area contributed by atoms with E-state index in [0.717, 1.165) is 53.1 Å². The third-order valence-corrected chi connectivity index (χ3v) is 7.92. The van der Waals surface area contributed by atoms with E-state index in [2.05, 4.69) is 23.6 Å². The Labute approximate surface area is 267 Å². The number of anilines is 1. The van der Waals surface area contributed by atoms with E-state index >= 15 is 0 Å². The van der Waals surface area contributed by atoms with Gasteiger partial charge in [-0.05, 0) is 87.9 Å². The van der Waals surface area contributed by atoms with Crippen molar-refractivity contribution in [1.82, 2.24) is 10.2 Å². The highest BCUT2D eigenvalue weighted by Gasteiger charge is 2.36. The van der Waals surface area contributed by atoms with Crippen LogP contribution in [0.1, 0.15) is 82.5 Å². The van der Waals surface area contributed by atoms with Crippen molar-refractivity contribution in [2.75, 3.05) is 23.9 Å². The average molecular weight is 620 g/mol. The normalized spacial score (nSPS) is 12.8. The number of aryl methyl sites for hydroxylation is 2. The molecule has 44 heavy (non-hydrogen) atoms. The number of amides is 3. The van der Waals surface area contributed by atoms with E-state index in [-0.39, 0.29) is 11.8 Å². The van der Waals surface area contributed by atoms with Crippen LogP contribution in [-0.4, -0.2) is 53.0 Å². The lowest BCUT2D eigenvalue weighted by molar-refractivity contribution is -0.141. The number of alkyl carbamates (subject to hydrolysis) is 1. The third kappa shape index (κ3) is 10.6. The number of hydrogen-bond donors (Lipinski definition) is 2. The maximum absolute atomic E-state index is 14.5. The molecule has 3 aromatic carbocycles. The van der Waals surface area contributed by atoms with Crippen LogP contribution in [-0.2, 0) is 14.3 Å². The van der Waals surface area contributed by atoms with Gasteiger partial charge >= 0.3 is 6.09 Å². The van der Waals surface area contributed by atoms with Crippen LogP contribution < -0.4 is 10.6 Å². The fourth-order valence-electron chi connectivity index (χ4n) is 5.34. The first-order valence-corrected chi connectivity index (χ1v) is 17.0. The van der Waals surface area contributed by atoms with Crippen molar-refractivity contribution < 1.29 is 19.1 Å². The number of ether oxygens (including phenoxy) is 1. The van der Waals surface area contributed by atoms with Gasteiger partial charge in [-0.2, -0.15) is 11.8 Å². The molecule has 0 radical (unpaired) electrons. The summed E-state index contributed by atoms with van der Waals surface area (Å²) >= 11 is 1.60. The maximum atomic E-state index is 14.5. The molecule has 0 aliphatic heterocycles. The summed E-state index contributed by atoms with van der Waals surface area (Å²) < 4.78 is 5.52. The van der Waals surface area contributed by atoms with Crippen molar-refractivity contribution >= 4 is 46.1 Å². The van der Waals surface area contributed by atoms with Gasteiger partial charge in [0.25, 0.3) is 5.91 Å². The molecule has 2 N–H and O–H groups in total. The topological polar surface area (TPSA) is 87.7 Å². The Morgan fingerprint density at radius 1 is 0.909 bits per heavy atom. The molecule has 0 bridgehead atoms. The highest BCUT2D eigenvalue weighted by molar-refractivity contribution is 7.98. The number of nitrogens with one attached hydrogen (secondary N) is 2. The molecule has 0 spiro atoms. The first kappa shape index (κ1) is 35.0. The standard InChI is InChI=1S/C36H49N3O4S/c1-8-9-10-13-19-39(34(41)31(18-20-44-7)38-35(42)43-36(4,5)6)32(29-22-25(2)21-26(3)23-29)33(40)37-30-17-16-27-14-11-12-15-28(27)24-30/h11-12,14-17,21-24,31-32H,8-10,13,18-20H2,1-7H3,(H,37,40)(H,38,42). The number of nitrogens with zero attached hydrogens (tertiary/aromatic N) is 1. The zero-order valence-electron chi connectivity index (χ0n) is 27.4. The number of unbranched alkanes of at least 4 members (excludes halogenated alkanes) is 3. The van der Waals surface area contributed by atoms with Gasteiger partial charge in [0.2, 0.25) is 5.91 Å². The summed E-state index contributed by atoms with van der Waals surface area (Å²) in [7, 11) is 0. The number of fused-ring (bicyclic) bond motifs is 1. The summed E-state index contributed by atoms with van der Waals surface area (Å²) in [4.78, 5) is 43.4. The Morgan fingerprint density at radius 3 is 2.23 bits per heavy atom. The van der Waals surface area contributed by atoms with Gasteiger partial charge in [0.1, 0.15) is 17.7 Å². The SMILES string of the molecule is CCCCCCN(C(=O)C(CCSC)NC(=O)OC(C)(C)C)C(C(=O)Nc1ccc2ccccc2c1)c1cc(C)cc(C)c1. The summed E-state index contributed by atoms with van der Waals surface area (Å²) in [5.41, 5.74) is 2.71. The molecule has 0 saturated carbocycles. The summed E-state index contributed by atoms with van der Waals surface area (Å²) in [6, 6.07) is 18.1. The summed E-state index contributed by atoms with van der Waals surface area (Å²) in [6.45, 7) is 11.9. The van der Waals surface area contributed by atoms with Crippen LogP contribution in [0.15, 0.2) is 60.7 Å². The van der Waals surface area contributed by atoms with Crippen LogP contribution in [0.5, 0.6) is 0 Å². The van der Waals surface area contributed by atoms with E-state index in [4.69, 9.17) is 4.74 Å². The van der Waals surface area contributed by atoms with E-state index in [1.54, 1.807) is 37.4 Å². The molecule has 0 heterocycles. The molecule has 2 atom stereocenters. The summed E-state index contributed by atoms with van der Waals surface area (Å²) in [5.74, 6) is 0.0714. The minimum Gasteiger partial charge on any atom is -0.444 e.